The van der Waals surface area contributed by atoms with Gasteiger partial charge in [-0.3, -0.25) is 14.9 Å². The molecule has 1 aromatic carbocycles. The van der Waals surface area contributed by atoms with Crippen LogP contribution < -0.4 is 5.32 Å². The van der Waals surface area contributed by atoms with Gasteiger partial charge in [0.1, 0.15) is 5.69 Å². The van der Waals surface area contributed by atoms with Crippen LogP contribution in [-0.2, 0) is 0 Å². The summed E-state index contributed by atoms with van der Waals surface area (Å²) in [5.41, 5.74) is 0.00562. The molecule has 1 amide bonds. The zero-order valence-corrected chi connectivity index (χ0v) is 11.8. The van der Waals surface area contributed by atoms with E-state index in [1.807, 2.05) is 6.07 Å². The van der Waals surface area contributed by atoms with E-state index in [1.165, 1.54) is 31.1 Å². The Bertz CT molecular complexity index is 583. The van der Waals surface area contributed by atoms with E-state index in [2.05, 4.69) is 5.32 Å². The summed E-state index contributed by atoms with van der Waals surface area (Å²) in [7, 11) is 3.03. The number of carbonyl (C=O) groups excluding carboxylic acids is 1. The molecule has 1 rings (SSSR count). The molecule has 20 heavy (non-hydrogen) atoms. The zero-order chi connectivity index (χ0) is 15.3. The van der Waals surface area contributed by atoms with Crippen molar-refractivity contribution in [3.05, 3.63) is 32.8 Å². The second kappa shape index (κ2) is 6.73. The fourth-order valence-electron chi connectivity index (χ4n) is 1.65. The molecule has 0 aliphatic rings. The lowest BCUT2D eigenvalue weighted by Crippen LogP contribution is -2.27. The van der Waals surface area contributed by atoms with Gasteiger partial charge in [0.05, 0.1) is 22.4 Å². The van der Waals surface area contributed by atoms with Crippen LogP contribution in [0.3, 0.4) is 0 Å². The lowest BCUT2D eigenvalue weighted by Gasteiger charge is -2.16. The Morgan fingerprint density at radius 2 is 2.25 bits per heavy atom. The van der Waals surface area contributed by atoms with E-state index in [0.717, 1.165) is 0 Å². The maximum Gasteiger partial charge on any atom is 0.294 e. The number of nitriles is 1. The standard InChI is InChI=1S/C12H13ClN4O3/c1-15-11-9(13)6-8(7-10(11)17(19)20)12(18)16(2)5-3-4-14/h6-7,15H,3,5H2,1-2H3. The normalized spacial score (nSPS) is 9.70. The molecule has 0 fully saturated rings. The molecule has 106 valence electrons. The topological polar surface area (TPSA) is 99.3 Å². The van der Waals surface area contributed by atoms with Crippen molar-refractivity contribution in [2.24, 2.45) is 0 Å². The largest absolute Gasteiger partial charge is 0.381 e. The van der Waals surface area contributed by atoms with Crippen LogP contribution in [0.5, 0.6) is 0 Å². The Morgan fingerprint density at radius 1 is 1.60 bits per heavy atom. The first-order valence-corrected chi connectivity index (χ1v) is 6.08. The van der Waals surface area contributed by atoms with Gasteiger partial charge in [-0.1, -0.05) is 11.6 Å². The molecule has 1 N–H and O–H groups in total. The van der Waals surface area contributed by atoms with Crippen molar-refractivity contribution in [1.82, 2.24) is 4.90 Å². The van der Waals surface area contributed by atoms with Crippen LogP contribution in [0.4, 0.5) is 11.4 Å². The van der Waals surface area contributed by atoms with E-state index in [9.17, 15) is 14.9 Å². The molecule has 8 heteroatoms. The van der Waals surface area contributed by atoms with Crippen LogP contribution in [0, 0.1) is 21.4 Å². The molecule has 0 aromatic heterocycles. The summed E-state index contributed by atoms with van der Waals surface area (Å²) < 4.78 is 0. The fourth-order valence-corrected chi connectivity index (χ4v) is 1.96. The van der Waals surface area contributed by atoms with E-state index < -0.39 is 10.8 Å². The molecular formula is C12H13ClN4O3. The quantitative estimate of drug-likeness (QED) is 0.663. The molecule has 0 bridgehead atoms. The van der Waals surface area contributed by atoms with E-state index in [0.29, 0.717) is 0 Å². The monoisotopic (exact) mass is 296 g/mol. The first-order valence-electron chi connectivity index (χ1n) is 5.70. The van der Waals surface area contributed by atoms with Crippen LogP contribution in [0.2, 0.25) is 5.02 Å². The lowest BCUT2D eigenvalue weighted by atomic mass is 10.1. The van der Waals surface area contributed by atoms with Crippen molar-refractivity contribution in [3.63, 3.8) is 0 Å². The van der Waals surface area contributed by atoms with Crippen LogP contribution in [-0.4, -0.2) is 36.4 Å². The number of nitrogens with zero attached hydrogens (tertiary/aromatic N) is 3. The van der Waals surface area contributed by atoms with Crippen molar-refractivity contribution in [3.8, 4) is 6.07 Å². The van der Waals surface area contributed by atoms with Crippen molar-refractivity contribution in [2.75, 3.05) is 26.0 Å². The van der Waals surface area contributed by atoms with E-state index in [1.54, 1.807) is 0 Å². The number of hydrogen-bond acceptors (Lipinski definition) is 5. The highest BCUT2D eigenvalue weighted by Crippen LogP contribution is 2.33. The van der Waals surface area contributed by atoms with Crippen LogP contribution >= 0.6 is 11.6 Å². The Balaban J connectivity index is 3.17. The number of anilines is 1. The Kier molecular flexibility index (Phi) is 5.29. The first kappa shape index (κ1) is 15.7. The fraction of sp³-hybridized carbons (Fsp3) is 0.333. The van der Waals surface area contributed by atoms with Crippen LogP contribution in [0.15, 0.2) is 12.1 Å². The van der Waals surface area contributed by atoms with Gasteiger partial charge in [-0.2, -0.15) is 5.26 Å². The molecule has 1 aromatic rings. The summed E-state index contributed by atoms with van der Waals surface area (Å²) >= 11 is 5.94. The summed E-state index contributed by atoms with van der Waals surface area (Å²) in [5, 5.41) is 22.2. The number of carbonyl (C=O) groups is 1. The van der Waals surface area contributed by atoms with Gasteiger partial charge in [0.15, 0.2) is 0 Å². The summed E-state index contributed by atoms with van der Waals surface area (Å²) in [6.45, 7) is 0.245. The second-order valence-electron chi connectivity index (χ2n) is 3.99. The molecule has 0 saturated carbocycles. The van der Waals surface area contributed by atoms with E-state index in [-0.39, 0.29) is 34.9 Å². The van der Waals surface area contributed by atoms with Crippen molar-refractivity contribution >= 4 is 28.9 Å². The molecule has 7 nitrogen and oxygen atoms in total. The van der Waals surface area contributed by atoms with Gasteiger partial charge < -0.3 is 10.2 Å². The highest BCUT2D eigenvalue weighted by molar-refractivity contribution is 6.34. The number of amides is 1. The predicted molar refractivity (Wildman–Crippen MR) is 74.8 cm³/mol. The minimum Gasteiger partial charge on any atom is -0.381 e. The number of nitro benzene ring substituents is 1. The Morgan fingerprint density at radius 3 is 2.75 bits per heavy atom. The molecule has 0 radical (unpaired) electrons. The minimum absolute atomic E-state index is 0.0960. The molecule has 0 unspecified atom stereocenters. The molecule has 0 aliphatic carbocycles. The third-order valence-electron chi connectivity index (χ3n) is 2.67. The molecule has 0 atom stereocenters. The van der Waals surface area contributed by atoms with Gasteiger partial charge in [0.2, 0.25) is 0 Å². The maximum atomic E-state index is 12.1. The molecule has 0 saturated heterocycles. The van der Waals surface area contributed by atoms with Crippen LogP contribution in [0.1, 0.15) is 16.8 Å². The Hall–Kier alpha value is -2.33. The van der Waals surface area contributed by atoms with Crippen molar-refractivity contribution in [1.29, 1.82) is 5.26 Å². The van der Waals surface area contributed by atoms with Crippen molar-refractivity contribution in [2.45, 2.75) is 6.42 Å². The molecular weight excluding hydrogens is 284 g/mol. The first-order chi connectivity index (χ1) is 9.42. The molecule has 0 heterocycles. The smallest absolute Gasteiger partial charge is 0.294 e. The summed E-state index contributed by atoms with van der Waals surface area (Å²) in [4.78, 5) is 23.8. The van der Waals surface area contributed by atoms with Crippen LogP contribution in [0.25, 0.3) is 0 Å². The number of nitro groups is 1. The number of rotatable bonds is 5. The molecule has 0 spiro atoms. The van der Waals surface area contributed by atoms with Gasteiger partial charge in [-0.05, 0) is 6.07 Å². The lowest BCUT2D eigenvalue weighted by molar-refractivity contribution is -0.383. The predicted octanol–water partition coefficient (Wildman–Crippen LogP) is 2.28. The highest BCUT2D eigenvalue weighted by Gasteiger charge is 2.22. The number of halogens is 1. The molecule has 0 aliphatic heterocycles. The number of nitrogens with one attached hydrogen (secondary N) is 1. The average molecular weight is 297 g/mol. The third-order valence-corrected chi connectivity index (χ3v) is 2.97. The van der Waals surface area contributed by atoms with E-state index in [4.69, 9.17) is 16.9 Å². The van der Waals surface area contributed by atoms with E-state index >= 15 is 0 Å². The Labute approximate surface area is 120 Å². The van der Waals surface area contributed by atoms with Gasteiger partial charge in [0.25, 0.3) is 11.6 Å². The zero-order valence-electron chi connectivity index (χ0n) is 11.0. The van der Waals surface area contributed by atoms with Gasteiger partial charge in [0, 0.05) is 32.3 Å². The minimum atomic E-state index is -0.607. The van der Waals surface area contributed by atoms with Gasteiger partial charge >= 0.3 is 0 Å². The summed E-state index contributed by atoms with van der Waals surface area (Å²) in [6, 6.07) is 4.46. The maximum absolute atomic E-state index is 12.1. The second-order valence-corrected chi connectivity index (χ2v) is 4.40. The highest BCUT2D eigenvalue weighted by atomic mass is 35.5. The summed E-state index contributed by atoms with van der Waals surface area (Å²) in [6.07, 6.45) is 0.187. The SMILES string of the molecule is CNc1c(Cl)cc(C(=O)N(C)CCC#N)cc1[N+](=O)[O-]. The number of benzene rings is 1. The van der Waals surface area contributed by atoms with Gasteiger partial charge in [-0.25, -0.2) is 0 Å². The average Bonchev–Trinajstić information content (AvgIpc) is 2.42. The van der Waals surface area contributed by atoms with Crippen molar-refractivity contribution < 1.29 is 9.72 Å². The third kappa shape index (κ3) is 3.36. The number of hydrogen-bond donors (Lipinski definition) is 1. The van der Waals surface area contributed by atoms with Gasteiger partial charge in [-0.15, -0.1) is 0 Å². The summed E-state index contributed by atoms with van der Waals surface area (Å²) in [5.74, 6) is -0.423.